The number of aromatic hydroxyl groups is 1. The zero-order valence-corrected chi connectivity index (χ0v) is 13.8. The second-order valence-electron chi connectivity index (χ2n) is 5.91. The summed E-state index contributed by atoms with van der Waals surface area (Å²) in [6, 6.07) is 15.0. The Balaban J connectivity index is 1.52. The maximum Gasteiger partial charge on any atom is 0.260 e. The molecule has 0 saturated carbocycles. The summed E-state index contributed by atoms with van der Waals surface area (Å²) in [6.07, 6.45) is 0. The van der Waals surface area contributed by atoms with Crippen LogP contribution in [0.3, 0.4) is 0 Å². The third-order valence-corrected chi connectivity index (χ3v) is 4.30. The van der Waals surface area contributed by atoms with Crippen LogP contribution in [0.2, 0.25) is 0 Å². The normalized spacial score (nSPS) is 14.5. The highest BCUT2D eigenvalue weighted by Crippen LogP contribution is 2.24. The van der Waals surface area contributed by atoms with Gasteiger partial charge in [-0.25, -0.2) is 0 Å². The molecule has 0 aromatic heterocycles. The third-order valence-electron chi connectivity index (χ3n) is 4.30. The van der Waals surface area contributed by atoms with Gasteiger partial charge in [0.1, 0.15) is 0 Å². The molecule has 1 aliphatic heterocycles. The van der Waals surface area contributed by atoms with Gasteiger partial charge in [0, 0.05) is 31.9 Å². The minimum Gasteiger partial charge on any atom is -0.504 e. The maximum atomic E-state index is 12.3. The molecule has 3 rings (SSSR count). The van der Waals surface area contributed by atoms with Crippen LogP contribution in [-0.2, 0) is 4.79 Å². The zero-order valence-electron chi connectivity index (χ0n) is 13.8. The van der Waals surface area contributed by atoms with Gasteiger partial charge >= 0.3 is 0 Å². The lowest BCUT2D eigenvalue weighted by molar-refractivity contribution is -0.133. The number of carbonyl (C=O) groups excluding carboxylic acids is 1. The van der Waals surface area contributed by atoms with Crippen molar-refractivity contribution >= 4 is 11.6 Å². The molecule has 5 heteroatoms. The fourth-order valence-electron chi connectivity index (χ4n) is 2.92. The summed E-state index contributed by atoms with van der Waals surface area (Å²) in [7, 11) is 0. The maximum absolute atomic E-state index is 12.3. The summed E-state index contributed by atoms with van der Waals surface area (Å²) in [5.41, 5.74) is 2.48. The number of ether oxygens (including phenoxy) is 1. The van der Waals surface area contributed by atoms with E-state index in [4.69, 9.17) is 4.74 Å². The Morgan fingerprint density at radius 3 is 2.42 bits per heavy atom. The van der Waals surface area contributed by atoms with Crippen molar-refractivity contribution in [2.45, 2.75) is 6.92 Å². The van der Waals surface area contributed by atoms with Crippen molar-refractivity contribution < 1.29 is 14.6 Å². The molecule has 1 aliphatic rings. The van der Waals surface area contributed by atoms with Crippen LogP contribution < -0.4 is 9.64 Å². The SMILES string of the molecule is Cc1ccccc1N1CCN(C(=O)COc2ccccc2O)CC1. The monoisotopic (exact) mass is 326 g/mol. The first-order valence-corrected chi connectivity index (χ1v) is 8.14. The van der Waals surface area contributed by atoms with Gasteiger partial charge in [0.2, 0.25) is 0 Å². The quantitative estimate of drug-likeness (QED) is 0.937. The van der Waals surface area contributed by atoms with Gasteiger partial charge < -0.3 is 19.6 Å². The largest absolute Gasteiger partial charge is 0.504 e. The molecule has 1 amide bonds. The van der Waals surface area contributed by atoms with Crippen LogP contribution in [-0.4, -0.2) is 48.7 Å². The van der Waals surface area contributed by atoms with E-state index in [9.17, 15) is 9.90 Å². The van der Waals surface area contributed by atoms with Crippen LogP contribution in [0.5, 0.6) is 11.5 Å². The first-order chi connectivity index (χ1) is 11.6. The number of nitrogens with zero attached hydrogens (tertiary/aromatic N) is 2. The van der Waals surface area contributed by atoms with E-state index in [-0.39, 0.29) is 18.3 Å². The average molecular weight is 326 g/mol. The molecule has 5 nitrogen and oxygen atoms in total. The van der Waals surface area contributed by atoms with Crippen LogP contribution in [0.4, 0.5) is 5.69 Å². The predicted octanol–water partition coefficient (Wildman–Crippen LogP) is 2.43. The summed E-state index contributed by atoms with van der Waals surface area (Å²) in [6.45, 7) is 5.03. The Bertz CT molecular complexity index is 709. The van der Waals surface area contributed by atoms with E-state index in [1.807, 2.05) is 17.0 Å². The van der Waals surface area contributed by atoms with Gasteiger partial charge in [-0.05, 0) is 30.7 Å². The number of hydrogen-bond acceptors (Lipinski definition) is 4. The first kappa shape index (κ1) is 16.2. The Morgan fingerprint density at radius 2 is 1.71 bits per heavy atom. The Hall–Kier alpha value is -2.69. The number of para-hydroxylation sites is 3. The average Bonchev–Trinajstić information content (AvgIpc) is 2.61. The molecule has 126 valence electrons. The number of carbonyl (C=O) groups is 1. The van der Waals surface area contributed by atoms with Crippen molar-refractivity contribution in [2.75, 3.05) is 37.7 Å². The van der Waals surface area contributed by atoms with Crippen LogP contribution in [0, 0.1) is 6.92 Å². The topological polar surface area (TPSA) is 53.0 Å². The smallest absolute Gasteiger partial charge is 0.260 e. The van der Waals surface area contributed by atoms with E-state index in [1.165, 1.54) is 11.3 Å². The van der Waals surface area contributed by atoms with E-state index in [0.29, 0.717) is 18.8 Å². The number of benzene rings is 2. The summed E-state index contributed by atoms with van der Waals surface area (Å²) in [5.74, 6) is 0.335. The Morgan fingerprint density at radius 1 is 1.04 bits per heavy atom. The third kappa shape index (κ3) is 3.62. The highest BCUT2D eigenvalue weighted by molar-refractivity contribution is 5.78. The number of aryl methyl sites for hydroxylation is 1. The van der Waals surface area contributed by atoms with Crippen LogP contribution >= 0.6 is 0 Å². The van der Waals surface area contributed by atoms with Gasteiger partial charge in [-0.1, -0.05) is 30.3 Å². The number of phenols is 1. The number of anilines is 1. The minimum absolute atomic E-state index is 0.0506. The summed E-state index contributed by atoms with van der Waals surface area (Å²) in [4.78, 5) is 16.4. The Kier molecular flexibility index (Phi) is 4.89. The fourth-order valence-corrected chi connectivity index (χ4v) is 2.92. The van der Waals surface area contributed by atoms with Crippen LogP contribution in [0.15, 0.2) is 48.5 Å². The predicted molar refractivity (Wildman–Crippen MR) is 93.6 cm³/mol. The van der Waals surface area contributed by atoms with Crippen LogP contribution in [0.25, 0.3) is 0 Å². The van der Waals surface area contributed by atoms with Gasteiger partial charge in [-0.3, -0.25) is 4.79 Å². The molecule has 1 fully saturated rings. The van der Waals surface area contributed by atoms with Gasteiger partial charge in [0.15, 0.2) is 18.1 Å². The summed E-state index contributed by atoms with van der Waals surface area (Å²) in [5, 5.41) is 9.66. The molecule has 0 aliphatic carbocycles. The van der Waals surface area contributed by atoms with Crippen molar-refractivity contribution in [3.05, 3.63) is 54.1 Å². The molecule has 2 aromatic carbocycles. The molecular formula is C19H22N2O3. The highest BCUT2D eigenvalue weighted by atomic mass is 16.5. The van der Waals surface area contributed by atoms with Gasteiger partial charge in [0.05, 0.1) is 0 Å². The number of piperazine rings is 1. The Labute approximate surface area is 142 Å². The highest BCUT2D eigenvalue weighted by Gasteiger charge is 2.22. The van der Waals surface area contributed by atoms with E-state index in [1.54, 1.807) is 24.3 Å². The van der Waals surface area contributed by atoms with Crippen LogP contribution in [0.1, 0.15) is 5.56 Å². The van der Waals surface area contributed by atoms with Crippen molar-refractivity contribution in [3.63, 3.8) is 0 Å². The molecular weight excluding hydrogens is 304 g/mol. The van der Waals surface area contributed by atoms with Crippen molar-refractivity contribution in [2.24, 2.45) is 0 Å². The summed E-state index contributed by atoms with van der Waals surface area (Å²) >= 11 is 0. The lowest BCUT2D eigenvalue weighted by atomic mass is 10.1. The number of amides is 1. The van der Waals surface area contributed by atoms with E-state index < -0.39 is 0 Å². The zero-order chi connectivity index (χ0) is 16.9. The molecule has 0 spiro atoms. The lowest BCUT2D eigenvalue weighted by Gasteiger charge is -2.36. The van der Waals surface area contributed by atoms with Gasteiger partial charge in [0.25, 0.3) is 5.91 Å². The molecule has 1 saturated heterocycles. The van der Waals surface area contributed by atoms with Crippen molar-refractivity contribution in [1.29, 1.82) is 0 Å². The van der Waals surface area contributed by atoms with E-state index >= 15 is 0 Å². The standard InChI is InChI=1S/C19H22N2O3/c1-15-6-2-3-7-16(15)20-10-12-21(13-11-20)19(23)14-24-18-9-5-4-8-17(18)22/h2-9,22H,10-14H2,1H3. The van der Waals surface area contributed by atoms with E-state index in [2.05, 4.69) is 24.0 Å². The molecule has 2 aromatic rings. The van der Waals surface area contributed by atoms with E-state index in [0.717, 1.165) is 13.1 Å². The molecule has 0 unspecified atom stereocenters. The fraction of sp³-hybridized carbons (Fsp3) is 0.316. The van der Waals surface area contributed by atoms with Gasteiger partial charge in [-0.2, -0.15) is 0 Å². The van der Waals surface area contributed by atoms with Gasteiger partial charge in [-0.15, -0.1) is 0 Å². The minimum atomic E-state index is -0.0536. The molecule has 0 atom stereocenters. The van der Waals surface area contributed by atoms with Crippen molar-refractivity contribution in [3.8, 4) is 11.5 Å². The number of rotatable bonds is 4. The number of hydrogen-bond donors (Lipinski definition) is 1. The molecule has 24 heavy (non-hydrogen) atoms. The lowest BCUT2D eigenvalue weighted by Crippen LogP contribution is -2.50. The molecule has 1 heterocycles. The van der Waals surface area contributed by atoms with Crippen molar-refractivity contribution in [1.82, 2.24) is 4.90 Å². The molecule has 0 radical (unpaired) electrons. The first-order valence-electron chi connectivity index (χ1n) is 8.14. The molecule has 0 bridgehead atoms. The number of phenolic OH excluding ortho intramolecular Hbond substituents is 1. The molecule has 1 N–H and O–H groups in total. The summed E-state index contributed by atoms with van der Waals surface area (Å²) < 4.78 is 5.43. The second kappa shape index (κ2) is 7.25. The second-order valence-corrected chi connectivity index (χ2v) is 5.91.